The van der Waals surface area contributed by atoms with E-state index in [1.54, 1.807) is 19.1 Å². The lowest BCUT2D eigenvalue weighted by Crippen LogP contribution is -2.43. The predicted octanol–water partition coefficient (Wildman–Crippen LogP) is 3.18. The van der Waals surface area contributed by atoms with E-state index in [2.05, 4.69) is 0 Å². The van der Waals surface area contributed by atoms with Gasteiger partial charge in [0.05, 0.1) is 16.4 Å². The fraction of sp³-hybridized carbons (Fsp3) is 0.684. The summed E-state index contributed by atoms with van der Waals surface area (Å²) in [5.74, 6) is 0.324. The Labute approximate surface area is 157 Å². The maximum absolute atomic E-state index is 13.1. The molecule has 0 radical (unpaired) electrons. The van der Waals surface area contributed by atoms with E-state index in [-0.39, 0.29) is 28.9 Å². The van der Waals surface area contributed by atoms with Crippen molar-refractivity contribution in [1.29, 1.82) is 0 Å². The van der Waals surface area contributed by atoms with Crippen LogP contribution in [-0.4, -0.2) is 45.2 Å². The van der Waals surface area contributed by atoms with Crippen molar-refractivity contribution in [3.63, 3.8) is 0 Å². The summed E-state index contributed by atoms with van der Waals surface area (Å²) >= 11 is 0. The van der Waals surface area contributed by atoms with Crippen LogP contribution in [-0.2, 0) is 19.9 Å². The lowest BCUT2D eigenvalue weighted by Gasteiger charge is -2.29. The molecular formula is C19H29NO4S2. The van der Waals surface area contributed by atoms with Crippen molar-refractivity contribution in [2.45, 2.75) is 62.8 Å². The van der Waals surface area contributed by atoms with Gasteiger partial charge in [0.25, 0.3) is 0 Å². The Hall–Kier alpha value is -0.920. The summed E-state index contributed by atoms with van der Waals surface area (Å²) in [7, 11) is -6.87. The first-order valence-corrected chi connectivity index (χ1v) is 12.8. The molecule has 2 fully saturated rings. The number of sulfonamides is 1. The summed E-state index contributed by atoms with van der Waals surface area (Å²) in [6, 6.07) is 6.77. The highest BCUT2D eigenvalue weighted by molar-refractivity contribution is 7.92. The number of hydrogen-bond acceptors (Lipinski definition) is 4. The molecular weight excluding hydrogens is 370 g/mol. The second kappa shape index (κ2) is 7.60. The van der Waals surface area contributed by atoms with Gasteiger partial charge < -0.3 is 0 Å². The van der Waals surface area contributed by atoms with Gasteiger partial charge in [-0.3, -0.25) is 0 Å². The van der Waals surface area contributed by atoms with Crippen molar-refractivity contribution < 1.29 is 16.8 Å². The van der Waals surface area contributed by atoms with Crippen LogP contribution in [0, 0.1) is 5.92 Å². The Balaban J connectivity index is 1.84. The standard InChI is InChI=1S/C19H29NO4S2/c1-3-20(19-14-25(21,22)13-15(19)2)26(23,24)18-11-9-17(10-12-18)16-7-5-4-6-8-16/h9-12,15-16,19H,3-8,13-14H2,1-2H3/t15-,19+/m1/s1. The number of rotatable bonds is 5. The lowest BCUT2D eigenvalue weighted by molar-refractivity contribution is 0.303. The molecule has 0 N–H and O–H groups in total. The van der Waals surface area contributed by atoms with E-state index < -0.39 is 25.9 Å². The van der Waals surface area contributed by atoms with Crippen LogP contribution in [0.15, 0.2) is 29.2 Å². The Morgan fingerprint density at radius 3 is 2.15 bits per heavy atom. The SMILES string of the molecule is CCN([C@H]1CS(=O)(=O)C[C@H]1C)S(=O)(=O)c1ccc(C2CCCCC2)cc1. The van der Waals surface area contributed by atoms with Crippen molar-refractivity contribution >= 4 is 19.9 Å². The Bertz CT molecular complexity index is 825. The zero-order valence-corrected chi connectivity index (χ0v) is 17.2. The topological polar surface area (TPSA) is 71.5 Å². The van der Waals surface area contributed by atoms with Crippen molar-refractivity contribution in [2.75, 3.05) is 18.1 Å². The third-order valence-electron chi connectivity index (χ3n) is 5.84. The minimum absolute atomic E-state index is 0.0598. The lowest BCUT2D eigenvalue weighted by atomic mass is 9.84. The quantitative estimate of drug-likeness (QED) is 0.762. The molecule has 26 heavy (non-hydrogen) atoms. The molecule has 5 nitrogen and oxygen atoms in total. The third kappa shape index (κ3) is 3.99. The maximum Gasteiger partial charge on any atom is 0.243 e. The third-order valence-corrected chi connectivity index (χ3v) is 9.74. The minimum Gasteiger partial charge on any atom is -0.229 e. The number of hydrogen-bond donors (Lipinski definition) is 0. The molecule has 0 unspecified atom stereocenters. The molecule has 7 heteroatoms. The van der Waals surface area contributed by atoms with Crippen molar-refractivity contribution in [2.24, 2.45) is 5.92 Å². The van der Waals surface area contributed by atoms with Gasteiger partial charge >= 0.3 is 0 Å². The Kier molecular flexibility index (Phi) is 5.80. The van der Waals surface area contributed by atoms with Crippen LogP contribution in [0.5, 0.6) is 0 Å². The second-order valence-electron chi connectivity index (χ2n) is 7.73. The molecule has 1 aromatic rings. The highest BCUT2D eigenvalue weighted by Gasteiger charge is 2.42. The average molecular weight is 400 g/mol. The molecule has 1 aliphatic carbocycles. The van der Waals surface area contributed by atoms with Crippen molar-refractivity contribution in [1.82, 2.24) is 4.31 Å². The fourth-order valence-electron chi connectivity index (χ4n) is 4.44. The predicted molar refractivity (Wildman–Crippen MR) is 103 cm³/mol. The first-order valence-electron chi connectivity index (χ1n) is 9.57. The van der Waals surface area contributed by atoms with E-state index in [4.69, 9.17) is 0 Å². The highest BCUT2D eigenvalue weighted by atomic mass is 32.2. The van der Waals surface area contributed by atoms with Gasteiger partial charge in [0.15, 0.2) is 9.84 Å². The van der Waals surface area contributed by atoms with Crippen LogP contribution in [0.3, 0.4) is 0 Å². The van der Waals surface area contributed by atoms with E-state index in [1.165, 1.54) is 42.0 Å². The van der Waals surface area contributed by atoms with Crippen molar-refractivity contribution in [3.8, 4) is 0 Å². The summed E-state index contributed by atoms with van der Waals surface area (Å²) < 4.78 is 51.5. The molecule has 1 aromatic carbocycles. The second-order valence-corrected chi connectivity index (χ2v) is 11.8. The molecule has 2 atom stereocenters. The van der Waals surface area contributed by atoms with Gasteiger partial charge in [0, 0.05) is 12.6 Å². The molecule has 1 saturated heterocycles. The molecule has 0 amide bonds. The largest absolute Gasteiger partial charge is 0.243 e. The fourth-order valence-corrected chi connectivity index (χ4v) is 8.45. The number of nitrogens with zero attached hydrogens (tertiary/aromatic N) is 1. The molecule has 146 valence electrons. The Morgan fingerprint density at radius 2 is 1.65 bits per heavy atom. The van der Waals surface area contributed by atoms with Crippen LogP contribution < -0.4 is 0 Å². The molecule has 1 heterocycles. The molecule has 0 bridgehead atoms. The summed E-state index contributed by atoms with van der Waals surface area (Å²) in [5.41, 5.74) is 1.21. The van der Waals surface area contributed by atoms with Gasteiger partial charge in [0.1, 0.15) is 0 Å². The molecule has 0 aromatic heterocycles. The first-order chi connectivity index (χ1) is 12.2. The summed E-state index contributed by atoms with van der Waals surface area (Å²) in [6.07, 6.45) is 6.11. The monoisotopic (exact) mass is 399 g/mol. The molecule has 3 rings (SSSR count). The normalized spacial score (nSPS) is 27.0. The van der Waals surface area contributed by atoms with Gasteiger partial charge in [-0.15, -0.1) is 0 Å². The van der Waals surface area contributed by atoms with E-state index in [0.29, 0.717) is 5.92 Å². The number of sulfone groups is 1. The van der Waals surface area contributed by atoms with Crippen LogP contribution >= 0.6 is 0 Å². The van der Waals surface area contributed by atoms with Gasteiger partial charge in [-0.2, -0.15) is 4.31 Å². The van der Waals surface area contributed by atoms with Crippen LogP contribution in [0.1, 0.15) is 57.4 Å². The molecule has 2 aliphatic rings. The number of benzene rings is 1. The summed E-state index contributed by atoms with van der Waals surface area (Å²) in [5, 5.41) is 0. The van der Waals surface area contributed by atoms with E-state index in [9.17, 15) is 16.8 Å². The van der Waals surface area contributed by atoms with Gasteiger partial charge in [0.2, 0.25) is 10.0 Å². The zero-order valence-electron chi connectivity index (χ0n) is 15.6. The van der Waals surface area contributed by atoms with Crippen molar-refractivity contribution in [3.05, 3.63) is 29.8 Å². The molecule has 1 saturated carbocycles. The molecule has 0 spiro atoms. The smallest absolute Gasteiger partial charge is 0.229 e. The minimum atomic E-state index is -3.70. The van der Waals surface area contributed by atoms with E-state index >= 15 is 0 Å². The zero-order chi connectivity index (χ0) is 18.9. The van der Waals surface area contributed by atoms with Crippen LogP contribution in [0.25, 0.3) is 0 Å². The van der Waals surface area contributed by atoms with Gasteiger partial charge in [-0.05, 0) is 42.4 Å². The first kappa shape index (κ1) is 19.8. The van der Waals surface area contributed by atoms with E-state index in [0.717, 1.165) is 0 Å². The van der Waals surface area contributed by atoms with Crippen LogP contribution in [0.2, 0.25) is 0 Å². The van der Waals surface area contributed by atoms with Gasteiger partial charge in [-0.25, -0.2) is 16.8 Å². The average Bonchev–Trinajstić information content (AvgIpc) is 2.88. The maximum atomic E-state index is 13.1. The summed E-state index contributed by atoms with van der Waals surface area (Å²) in [4.78, 5) is 0.260. The molecule has 1 aliphatic heterocycles. The Morgan fingerprint density at radius 1 is 1.04 bits per heavy atom. The van der Waals surface area contributed by atoms with E-state index in [1.807, 2.05) is 19.1 Å². The van der Waals surface area contributed by atoms with Crippen LogP contribution in [0.4, 0.5) is 0 Å². The summed E-state index contributed by atoms with van der Waals surface area (Å²) in [6.45, 7) is 3.86. The highest BCUT2D eigenvalue weighted by Crippen LogP contribution is 2.34. The van der Waals surface area contributed by atoms with Gasteiger partial charge in [-0.1, -0.05) is 45.2 Å².